The summed E-state index contributed by atoms with van der Waals surface area (Å²) in [4.78, 5) is 28.8. The number of amides is 1. The molecule has 0 aliphatic carbocycles. The molecule has 2 heterocycles. The normalized spacial score (nSPS) is 23.7. The lowest BCUT2D eigenvalue weighted by molar-refractivity contribution is -0.143. The molecule has 0 radical (unpaired) electrons. The summed E-state index contributed by atoms with van der Waals surface area (Å²) in [6.07, 6.45) is 3.75. The van der Waals surface area contributed by atoms with Crippen LogP contribution < -0.4 is 0 Å². The second-order valence-corrected chi connectivity index (χ2v) is 4.83. The summed E-state index contributed by atoms with van der Waals surface area (Å²) >= 11 is 0. The Labute approximate surface area is 105 Å². The minimum Gasteiger partial charge on any atom is -0.481 e. The van der Waals surface area contributed by atoms with Crippen LogP contribution in [0, 0.1) is 11.8 Å². The zero-order valence-electron chi connectivity index (χ0n) is 10.2. The molecule has 18 heavy (non-hydrogen) atoms. The summed E-state index contributed by atoms with van der Waals surface area (Å²) in [6, 6.07) is 3.40. The molecule has 96 valence electrons. The summed E-state index contributed by atoms with van der Waals surface area (Å²) in [5.74, 6) is -1.22. The third-order valence-electron chi connectivity index (χ3n) is 3.20. The number of carbonyl (C=O) groups excluding carboxylic acids is 1. The van der Waals surface area contributed by atoms with E-state index in [1.807, 2.05) is 6.92 Å². The van der Waals surface area contributed by atoms with Gasteiger partial charge >= 0.3 is 5.97 Å². The van der Waals surface area contributed by atoms with Crippen molar-refractivity contribution in [3.63, 3.8) is 0 Å². The minimum atomic E-state index is -0.828. The molecule has 1 aromatic rings. The van der Waals surface area contributed by atoms with Gasteiger partial charge in [0.05, 0.1) is 11.5 Å². The predicted octanol–water partition coefficient (Wildman–Crippen LogP) is 1.26. The molecule has 2 rings (SSSR count). The summed E-state index contributed by atoms with van der Waals surface area (Å²) in [5.41, 5.74) is 0.510. The van der Waals surface area contributed by atoms with Crippen molar-refractivity contribution in [1.82, 2.24) is 9.88 Å². The minimum absolute atomic E-state index is 0.138. The molecule has 1 aromatic heterocycles. The fraction of sp³-hybridized carbons (Fsp3) is 0.462. The van der Waals surface area contributed by atoms with Crippen molar-refractivity contribution in [2.24, 2.45) is 11.8 Å². The van der Waals surface area contributed by atoms with Gasteiger partial charge in [-0.3, -0.25) is 14.6 Å². The Morgan fingerprint density at radius 3 is 2.83 bits per heavy atom. The van der Waals surface area contributed by atoms with Gasteiger partial charge in [-0.2, -0.15) is 0 Å². The first-order valence-electron chi connectivity index (χ1n) is 6.00. The van der Waals surface area contributed by atoms with Crippen LogP contribution in [0.5, 0.6) is 0 Å². The van der Waals surface area contributed by atoms with Gasteiger partial charge in [-0.05, 0) is 24.5 Å². The summed E-state index contributed by atoms with van der Waals surface area (Å²) < 4.78 is 0. The Kier molecular flexibility index (Phi) is 3.60. The van der Waals surface area contributed by atoms with E-state index < -0.39 is 11.9 Å². The first-order valence-corrected chi connectivity index (χ1v) is 6.00. The molecule has 2 unspecified atom stereocenters. The van der Waals surface area contributed by atoms with Gasteiger partial charge in [0.25, 0.3) is 5.91 Å². The number of hydrogen-bond acceptors (Lipinski definition) is 3. The Bertz CT molecular complexity index is 447. The highest BCUT2D eigenvalue weighted by atomic mass is 16.4. The first-order chi connectivity index (χ1) is 8.58. The summed E-state index contributed by atoms with van der Waals surface area (Å²) in [6.45, 7) is 2.86. The lowest BCUT2D eigenvalue weighted by Crippen LogP contribution is -2.45. The number of aliphatic carboxylic acids is 1. The molecule has 1 aliphatic heterocycles. The smallest absolute Gasteiger partial charge is 0.308 e. The van der Waals surface area contributed by atoms with E-state index in [0.717, 1.165) is 0 Å². The van der Waals surface area contributed by atoms with Crippen LogP contribution in [0.1, 0.15) is 23.7 Å². The maximum absolute atomic E-state index is 12.2. The quantitative estimate of drug-likeness (QED) is 0.855. The van der Waals surface area contributed by atoms with Crippen molar-refractivity contribution in [2.45, 2.75) is 13.3 Å². The number of hydrogen-bond donors (Lipinski definition) is 1. The fourth-order valence-electron chi connectivity index (χ4n) is 2.37. The maximum atomic E-state index is 12.2. The van der Waals surface area contributed by atoms with E-state index in [0.29, 0.717) is 18.5 Å². The van der Waals surface area contributed by atoms with Gasteiger partial charge in [0, 0.05) is 25.5 Å². The molecule has 5 nitrogen and oxygen atoms in total. The SMILES string of the molecule is CC1CC(C(=O)O)CN(C(=O)c2cccnc2)C1. The Morgan fingerprint density at radius 1 is 1.44 bits per heavy atom. The number of carboxylic acid groups (broad SMARTS) is 1. The number of aromatic nitrogens is 1. The lowest BCUT2D eigenvalue weighted by Gasteiger charge is -2.34. The standard InChI is InChI=1S/C13H16N2O3/c1-9-5-11(13(17)18)8-15(7-9)12(16)10-3-2-4-14-6-10/h2-4,6,9,11H,5,7-8H2,1H3,(H,17,18). The zero-order chi connectivity index (χ0) is 13.1. The molecule has 5 heteroatoms. The maximum Gasteiger partial charge on any atom is 0.308 e. The van der Waals surface area contributed by atoms with E-state index in [9.17, 15) is 9.59 Å². The number of rotatable bonds is 2. The molecule has 0 bridgehead atoms. The molecule has 0 spiro atoms. The average molecular weight is 248 g/mol. The molecule has 1 saturated heterocycles. The van der Waals surface area contributed by atoms with E-state index in [2.05, 4.69) is 4.98 Å². The summed E-state index contributed by atoms with van der Waals surface area (Å²) in [5, 5.41) is 9.08. The highest BCUT2D eigenvalue weighted by molar-refractivity contribution is 5.94. The topological polar surface area (TPSA) is 70.5 Å². The predicted molar refractivity (Wildman–Crippen MR) is 65.0 cm³/mol. The Balaban J connectivity index is 2.13. The lowest BCUT2D eigenvalue weighted by atomic mass is 9.90. The van der Waals surface area contributed by atoms with E-state index in [1.54, 1.807) is 23.2 Å². The van der Waals surface area contributed by atoms with Gasteiger partial charge in [-0.15, -0.1) is 0 Å². The van der Waals surface area contributed by atoms with Gasteiger partial charge in [0.15, 0.2) is 0 Å². The van der Waals surface area contributed by atoms with Gasteiger partial charge in [0.2, 0.25) is 0 Å². The van der Waals surface area contributed by atoms with Crippen LogP contribution in [0.25, 0.3) is 0 Å². The van der Waals surface area contributed by atoms with E-state index in [4.69, 9.17) is 5.11 Å². The van der Waals surface area contributed by atoms with Crippen molar-refractivity contribution < 1.29 is 14.7 Å². The fourth-order valence-corrected chi connectivity index (χ4v) is 2.37. The molecular weight excluding hydrogens is 232 g/mol. The largest absolute Gasteiger partial charge is 0.481 e. The molecule has 1 fully saturated rings. The van der Waals surface area contributed by atoms with Crippen molar-refractivity contribution in [3.8, 4) is 0 Å². The summed E-state index contributed by atoms with van der Waals surface area (Å²) in [7, 11) is 0. The molecule has 1 aliphatic rings. The Morgan fingerprint density at radius 2 is 2.22 bits per heavy atom. The van der Waals surface area contributed by atoms with Crippen LogP contribution in [0.4, 0.5) is 0 Å². The van der Waals surface area contributed by atoms with Crippen LogP contribution in [0.2, 0.25) is 0 Å². The number of carboxylic acids is 1. The van der Waals surface area contributed by atoms with Crippen molar-refractivity contribution in [1.29, 1.82) is 0 Å². The van der Waals surface area contributed by atoms with Crippen molar-refractivity contribution in [3.05, 3.63) is 30.1 Å². The molecule has 1 N–H and O–H groups in total. The van der Waals surface area contributed by atoms with Crippen LogP contribution in [0.3, 0.4) is 0 Å². The molecule has 0 saturated carbocycles. The second kappa shape index (κ2) is 5.16. The number of nitrogens with zero attached hydrogens (tertiary/aromatic N) is 2. The highest BCUT2D eigenvalue weighted by Crippen LogP contribution is 2.23. The van der Waals surface area contributed by atoms with Gasteiger partial charge in [-0.25, -0.2) is 0 Å². The number of carbonyl (C=O) groups is 2. The average Bonchev–Trinajstić information content (AvgIpc) is 2.38. The van der Waals surface area contributed by atoms with Crippen molar-refractivity contribution >= 4 is 11.9 Å². The number of pyridine rings is 1. The molecule has 0 aromatic carbocycles. The Hall–Kier alpha value is -1.91. The molecule has 2 atom stereocenters. The third kappa shape index (κ3) is 2.67. The zero-order valence-corrected chi connectivity index (χ0v) is 10.2. The first kappa shape index (κ1) is 12.5. The van der Waals surface area contributed by atoms with Crippen LogP contribution in [-0.4, -0.2) is 40.0 Å². The number of piperidine rings is 1. The van der Waals surface area contributed by atoms with Crippen LogP contribution in [-0.2, 0) is 4.79 Å². The van der Waals surface area contributed by atoms with Gasteiger partial charge in [-0.1, -0.05) is 6.92 Å². The van der Waals surface area contributed by atoms with E-state index in [-0.39, 0.29) is 18.4 Å². The van der Waals surface area contributed by atoms with Gasteiger partial charge < -0.3 is 10.0 Å². The molecular formula is C13H16N2O3. The monoisotopic (exact) mass is 248 g/mol. The number of likely N-dealkylation sites (tertiary alicyclic amines) is 1. The van der Waals surface area contributed by atoms with Crippen molar-refractivity contribution in [2.75, 3.05) is 13.1 Å². The molecule has 1 amide bonds. The third-order valence-corrected chi connectivity index (χ3v) is 3.20. The van der Waals surface area contributed by atoms with Crippen LogP contribution >= 0.6 is 0 Å². The van der Waals surface area contributed by atoms with Gasteiger partial charge in [0.1, 0.15) is 0 Å². The van der Waals surface area contributed by atoms with E-state index >= 15 is 0 Å². The second-order valence-electron chi connectivity index (χ2n) is 4.83. The van der Waals surface area contributed by atoms with E-state index in [1.165, 1.54) is 6.20 Å². The van der Waals surface area contributed by atoms with Crippen LogP contribution in [0.15, 0.2) is 24.5 Å². The highest BCUT2D eigenvalue weighted by Gasteiger charge is 2.32.